The average molecular weight is 128 g/mol. The fourth-order valence-corrected chi connectivity index (χ4v) is 1.29. The van der Waals surface area contributed by atoms with Crippen LogP contribution >= 0.6 is 0 Å². The first-order valence-corrected chi connectivity index (χ1v) is 3.60. The summed E-state index contributed by atoms with van der Waals surface area (Å²) < 4.78 is 0. The van der Waals surface area contributed by atoms with Crippen LogP contribution in [0.4, 0.5) is 0 Å². The largest absolute Gasteiger partial charge is 0.325 e. The predicted molar refractivity (Wildman–Crippen MR) is 39.2 cm³/mol. The average Bonchev–Trinajstić information content (AvgIpc) is 2.08. The number of nitrogens with two attached hydrogens (primary N) is 1. The molecule has 0 aliphatic carbocycles. The van der Waals surface area contributed by atoms with E-state index in [-0.39, 0.29) is 5.54 Å². The molecule has 0 spiro atoms. The molecule has 0 unspecified atom stereocenters. The van der Waals surface area contributed by atoms with Crippen molar-refractivity contribution in [3.05, 3.63) is 0 Å². The number of rotatable bonds is 1. The van der Waals surface area contributed by atoms with Gasteiger partial charge in [0.25, 0.3) is 0 Å². The molecule has 1 rings (SSSR count). The molecule has 0 amide bonds. The molecule has 0 radical (unpaired) electrons. The Labute approximate surface area is 56.8 Å². The summed E-state index contributed by atoms with van der Waals surface area (Å²) in [5.41, 5.74) is 5.92. The van der Waals surface area contributed by atoms with Crippen molar-refractivity contribution in [1.82, 2.24) is 5.32 Å². The van der Waals surface area contributed by atoms with Crippen molar-refractivity contribution in [3.63, 3.8) is 0 Å². The third kappa shape index (κ3) is 1.66. The summed E-state index contributed by atoms with van der Waals surface area (Å²) in [7, 11) is 0. The quantitative estimate of drug-likeness (QED) is 0.534. The van der Waals surface area contributed by atoms with Crippen LogP contribution in [0.1, 0.15) is 20.3 Å². The highest BCUT2D eigenvalue weighted by Crippen LogP contribution is 2.19. The fraction of sp³-hybridized carbons (Fsp3) is 1.00. The van der Waals surface area contributed by atoms with Gasteiger partial charge in [0.05, 0.1) is 0 Å². The van der Waals surface area contributed by atoms with E-state index in [1.54, 1.807) is 0 Å². The van der Waals surface area contributed by atoms with Gasteiger partial charge >= 0.3 is 0 Å². The molecule has 9 heavy (non-hydrogen) atoms. The summed E-state index contributed by atoms with van der Waals surface area (Å²) in [4.78, 5) is 0. The minimum Gasteiger partial charge on any atom is -0.325 e. The minimum absolute atomic E-state index is 0.0174. The van der Waals surface area contributed by atoms with Crippen LogP contribution in [0.15, 0.2) is 0 Å². The van der Waals surface area contributed by atoms with E-state index < -0.39 is 0 Å². The lowest BCUT2D eigenvalue weighted by Crippen LogP contribution is -2.41. The van der Waals surface area contributed by atoms with Crippen LogP contribution in [-0.4, -0.2) is 18.6 Å². The molecule has 2 nitrogen and oxygen atoms in total. The Kier molecular flexibility index (Phi) is 1.78. The van der Waals surface area contributed by atoms with E-state index in [0.29, 0.717) is 5.92 Å². The highest BCUT2D eigenvalue weighted by molar-refractivity contribution is 4.87. The van der Waals surface area contributed by atoms with E-state index in [4.69, 9.17) is 5.73 Å². The Bertz CT molecular complexity index is 87.6. The van der Waals surface area contributed by atoms with E-state index in [0.717, 1.165) is 13.1 Å². The van der Waals surface area contributed by atoms with Gasteiger partial charge in [0.1, 0.15) is 0 Å². The second kappa shape index (κ2) is 2.27. The maximum Gasteiger partial charge on any atom is 0.0138 e. The molecule has 2 heteroatoms. The lowest BCUT2D eigenvalue weighted by Gasteiger charge is -2.25. The molecule has 1 atom stereocenters. The molecule has 0 bridgehead atoms. The van der Waals surface area contributed by atoms with Gasteiger partial charge < -0.3 is 11.1 Å². The summed E-state index contributed by atoms with van der Waals surface area (Å²) in [6.07, 6.45) is 1.24. The lowest BCUT2D eigenvalue weighted by atomic mass is 9.88. The Morgan fingerprint density at radius 1 is 1.56 bits per heavy atom. The molecule has 1 aliphatic rings. The molecular formula is C7H16N2. The van der Waals surface area contributed by atoms with E-state index >= 15 is 0 Å². The van der Waals surface area contributed by atoms with Gasteiger partial charge in [-0.3, -0.25) is 0 Å². The fourth-order valence-electron chi connectivity index (χ4n) is 1.29. The number of hydrogen-bond donors (Lipinski definition) is 2. The maximum atomic E-state index is 5.90. The van der Waals surface area contributed by atoms with E-state index in [9.17, 15) is 0 Å². The van der Waals surface area contributed by atoms with Crippen molar-refractivity contribution in [2.24, 2.45) is 11.7 Å². The summed E-state index contributed by atoms with van der Waals surface area (Å²) >= 11 is 0. The van der Waals surface area contributed by atoms with Crippen molar-refractivity contribution < 1.29 is 0 Å². The van der Waals surface area contributed by atoms with Gasteiger partial charge in [-0.1, -0.05) is 0 Å². The van der Waals surface area contributed by atoms with E-state index in [1.165, 1.54) is 6.42 Å². The normalized spacial score (nSPS) is 29.0. The molecule has 1 aliphatic heterocycles. The van der Waals surface area contributed by atoms with Crippen LogP contribution in [0.2, 0.25) is 0 Å². The summed E-state index contributed by atoms with van der Waals surface area (Å²) in [5, 5.41) is 3.30. The maximum absolute atomic E-state index is 5.90. The third-order valence-corrected chi connectivity index (χ3v) is 2.11. The highest BCUT2D eigenvalue weighted by Gasteiger charge is 2.27. The van der Waals surface area contributed by atoms with Gasteiger partial charge in [0.2, 0.25) is 0 Å². The van der Waals surface area contributed by atoms with Crippen LogP contribution in [0.5, 0.6) is 0 Å². The predicted octanol–water partition coefficient (Wildman–Crippen LogP) is 0.333. The van der Waals surface area contributed by atoms with Crippen molar-refractivity contribution in [2.45, 2.75) is 25.8 Å². The molecule has 54 valence electrons. The van der Waals surface area contributed by atoms with Crippen molar-refractivity contribution >= 4 is 0 Å². The first-order valence-electron chi connectivity index (χ1n) is 3.60. The topological polar surface area (TPSA) is 38.0 Å². The molecule has 0 aromatic heterocycles. The molecule has 0 aromatic rings. The lowest BCUT2D eigenvalue weighted by molar-refractivity contribution is 0.346. The van der Waals surface area contributed by atoms with Gasteiger partial charge in [-0.25, -0.2) is 0 Å². The van der Waals surface area contributed by atoms with Gasteiger partial charge in [-0.15, -0.1) is 0 Å². The molecule has 1 heterocycles. The Hall–Kier alpha value is -0.0800. The minimum atomic E-state index is 0.0174. The third-order valence-electron chi connectivity index (χ3n) is 2.11. The second-order valence-electron chi connectivity index (χ2n) is 3.51. The van der Waals surface area contributed by atoms with Crippen molar-refractivity contribution in [2.75, 3.05) is 13.1 Å². The summed E-state index contributed by atoms with van der Waals surface area (Å²) in [6, 6.07) is 0. The van der Waals surface area contributed by atoms with Crippen LogP contribution in [0, 0.1) is 5.92 Å². The molecule has 0 saturated carbocycles. The van der Waals surface area contributed by atoms with Crippen molar-refractivity contribution in [3.8, 4) is 0 Å². The molecular weight excluding hydrogens is 112 g/mol. The molecule has 1 saturated heterocycles. The Balaban J connectivity index is 2.42. The van der Waals surface area contributed by atoms with Gasteiger partial charge in [-0.05, 0) is 39.3 Å². The zero-order valence-corrected chi connectivity index (χ0v) is 6.28. The zero-order chi connectivity index (χ0) is 6.91. The highest BCUT2D eigenvalue weighted by atomic mass is 14.9. The van der Waals surface area contributed by atoms with Crippen LogP contribution in [-0.2, 0) is 0 Å². The van der Waals surface area contributed by atoms with E-state index in [1.807, 2.05) is 0 Å². The summed E-state index contributed by atoms with van der Waals surface area (Å²) in [5.74, 6) is 0.678. The molecule has 1 fully saturated rings. The molecule has 3 N–H and O–H groups in total. The SMILES string of the molecule is CC(C)(N)[C@H]1CCNC1. The van der Waals surface area contributed by atoms with Crippen LogP contribution in [0.3, 0.4) is 0 Å². The van der Waals surface area contributed by atoms with Gasteiger partial charge in [-0.2, -0.15) is 0 Å². The Morgan fingerprint density at radius 2 is 2.22 bits per heavy atom. The van der Waals surface area contributed by atoms with Crippen molar-refractivity contribution in [1.29, 1.82) is 0 Å². The zero-order valence-electron chi connectivity index (χ0n) is 6.28. The summed E-state index contributed by atoms with van der Waals surface area (Å²) in [6.45, 7) is 6.45. The second-order valence-corrected chi connectivity index (χ2v) is 3.51. The van der Waals surface area contributed by atoms with Crippen LogP contribution < -0.4 is 11.1 Å². The Morgan fingerprint density at radius 3 is 2.44 bits per heavy atom. The number of nitrogens with one attached hydrogen (secondary N) is 1. The number of hydrogen-bond acceptors (Lipinski definition) is 2. The first-order chi connectivity index (χ1) is 4.11. The smallest absolute Gasteiger partial charge is 0.0138 e. The van der Waals surface area contributed by atoms with Crippen LogP contribution in [0.25, 0.3) is 0 Å². The van der Waals surface area contributed by atoms with Gasteiger partial charge in [0, 0.05) is 5.54 Å². The van der Waals surface area contributed by atoms with E-state index in [2.05, 4.69) is 19.2 Å². The van der Waals surface area contributed by atoms with Gasteiger partial charge in [0.15, 0.2) is 0 Å². The monoisotopic (exact) mass is 128 g/mol. The first kappa shape index (κ1) is 7.03. The standard InChI is InChI=1S/C7H16N2/c1-7(2,8)6-3-4-9-5-6/h6,9H,3-5,8H2,1-2H3/t6-/m0/s1. The molecule has 0 aromatic carbocycles.